The number of quaternary nitrogens is 1. The largest absolute Gasteiger partial charge is 0.325 e. The summed E-state index contributed by atoms with van der Waals surface area (Å²) in [6, 6.07) is 31.2. The van der Waals surface area contributed by atoms with E-state index in [1.54, 1.807) is 91.0 Å². The second kappa shape index (κ2) is 11.7. The highest BCUT2D eigenvalue weighted by Gasteiger charge is 2.39. The van der Waals surface area contributed by atoms with Crippen molar-refractivity contribution in [2.75, 3.05) is 0 Å². The molecule has 0 bridgehead atoms. The highest BCUT2D eigenvalue weighted by Crippen LogP contribution is 2.21. The molecule has 7 heteroatoms. The van der Waals surface area contributed by atoms with Gasteiger partial charge in [-0.15, -0.1) is 5.46 Å². The number of hydrogen-bond donors (Lipinski definition) is 1. The Hall–Kier alpha value is -4.23. The monoisotopic (exact) mass is 531 g/mol. The lowest BCUT2D eigenvalue weighted by Gasteiger charge is -2.44. The fraction of sp³-hybridized carbons (Fsp3) is 0.0625. The Kier molecular flexibility index (Phi) is 8.31. The van der Waals surface area contributed by atoms with Crippen LogP contribution in [-0.4, -0.2) is 6.15 Å². The summed E-state index contributed by atoms with van der Waals surface area (Å²) in [4.78, 5) is 0. The Morgan fingerprint density at radius 2 is 0.821 bits per heavy atom. The summed E-state index contributed by atoms with van der Waals surface area (Å²) in [6.45, 7) is 4.20. The summed E-state index contributed by atoms with van der Waals surface area (Å²) in [5, 5.41) is 0. The first-order chi connectivity index (χ1) is 18.7. The van der Waals surface area contributed by atoms with Crippen LogP contribution in [0.2, 0.25) is 0 Å². The molecule has 198 valence electrons. The molecule has 0 fully saturated rings. The minimum atomic E-state index is -2.72. The van der Waals surface area contributed by atoms with Gasteiger partial charge >= 0.3 is 0 Å². The lowest BCUT2D eigenvalue weighted by molar-refractivity contribution is -0.255. The molecule has 1 nitrogen and oxygen atoms in total. The zero-order valence-electron chi connectivity index (χ0n) is 21.6. The van der Waals surface area contributed by atoms with Crippen molar-refractivity contribution >= 4 is 33.7 Å². The summed E-state index contributed by atoms with van der Waals surface area (Å²) in [6.07, 6.45) is -2.72. The van der Waals surface area contributed by atoms with Crippen molar-refractivity contribution in [2.24, 2.45) is 0 Å². The van der Waals surface area contributed by atoms with Gasteiger partial charge in [-0.3, -0.25) is 0 Å². The third kappa shape index (κ3) is 5.10. The molecule has 0 aliphatic heterocycles. The Labute approximate surface area is 224 Å². The van der Waals surface area contributed by atoms with Crippen LogP contribution in [0, 0.1) is 42.9 Å². The van der Waals surface area contributed by atoms with E-state index in [1.807, 2.05) is 12.1 Å². The average Bonchev–Trinajstić information content (AvgIpc) is 2.98. The quantitative estimate of drug-likeness (QED) is 0.147. The second-order valence-electron chi connectivity index (χ2n) is 9.44. The molecule has 0 saturated heterocycles. The lowest BCUT2D eigenvalue weighted by atomic mass is 9.13. The van der Waals surface area contributed by atoms with E-state index in [0.717, 1.165) is 5.69 Å². The molecule has 5 rings (SSSR count). The van der Waals surface area contributed by atoms with E-state index >= 15 is 8.78 Å². The van der Waals surface area contributed by atoms with Gasteiger partial charge in [-0.1, -0.05) is 103 Å². The van der Waals surface area contributed by atoms with Gasteiger partial charge in [0.05, 0.1) is 0 Å². The van der Waals surface area contributed by atoms with E-state index < -0.39 is 40.7 Å². The summed E-state index contributed by atoms with van der Waals surface area (Å²) in [5.74, 6) is -9.76. The molecule has 5 aromatic carbocycles. The third-order valence-corrected chi connectivity index (χ3v) is 7.29. The minimum Gasteiger partial charge on any atom is -0.325 e. The van der Waals surface area contributed by atoms with Crippen LogP contribution in [0.25, 0.3) is 0 Å². The molecule has 0 atom stereocenters. The number of benzene rings is 5. The van der Waals surface area contributed by atoms with Gasteiger partial charge in [0, 0.05) is 5.56 Å². The van der Waals surface area contributed by atoms with E-state index in [9.17, 15) is 13.2 Å². The van der Waals surface area contributed by atoms with Crippen molar-refractivity contribution in [3.63, 3.8) is 0 Å². The average molecular weight is 531 g/mol. The van der Waals surface area contributed by atoms with E-state index in [2.05, 4.69) is 25.6 Å². The van der Waals surface area contributed by atoms with Gasteiger partial charge in [0.25, 0.3) is 0 Å². The molecular formula is C32H27BF5N. The van der Waals surface area contributed by atoms with Gasteiger partial charge in [0.2, 0.25) is 0 Å². The van der Waals surface area contributed by atoms with Crippen LogP contribution in [0.15, 0.2) is 109 Å². The maximum Gasteiger partial charge on any atom is 0.200 e. The van der Waals surface area contributed by atoms with Crippen molar-refractivity contribution in [3.8, 4) is 0 Å². The highest BCUT2D eigenvalue weighted by molar-refractivity contribution is 7.20. The first-order valence-electron chi connectivity index (χ1n) is 12.4. The van der Waals surface area contributed by atoms with E-state index in [4.69, 9.17) is 0 Å². The smallest absolute Gasteiger partial charge is 0.200 e. The Morgan fingerprint density at radius 1 is 0.462 bits per heavy atom. The van der Waals surface area contributed by atoms with Crippen LogP contribution < -0.4 is 27.6 Å². The molecule has 5 aromatic rings. The van der Waals surface area contributed by atoms with Gasteiger partial charge in [-0.05, 0) is 25.5 Å². The summed E-state index contributed by atoms with van der Waals surface area (Å²) < 4.78 is 73.0. The molecular weight excluding hydrogens is 504 g/mol. The van der Waals surface area contributed by atoms with E-state index in [-0.39, 0.29) is 0 Å². The topological polar surface area (TPSA) is 27.6 Å². The fourth-order valence-corrected chi connectivity index (χ4v) is 5.12. The lowest BCUT2D eigenvalue weighted by Crippen LogP contribution is -2.76. The summed E-state index contributed by atoms with van der Waals surface area (Å²) in [5.41, 5.74) is 8.07. The predicted octanol–water partition coefficient (Wildman–Crippen LogP) is 4.94. The Morgan fingerprint density at radius 3 is 1.15 bits per heavy atom. The molecule has 0 spiro atoms. The van der Waals surface area contributed by atoms with Crippen molar-refractivity contribution in [1.29, 1.82) is 0 Å². The van der Waals surface area contributed by atoms with Crippen LogP contribution >= 0.6 is 0 Å². The van der Waals surface area contributed by atoms with Gasteiger partial charge in [-0.25, -0.2) is 22.0 Å². The molecule has 39 heavy (non-hydrogen) atoms. The molecule has 0 heterocycles. The maximum absolute atomic E-state index is 15.2. The Balaban J connectivity index is 0.000000333. The van der Waals surface area contributed by atoms with Gasteiger partial charge < -0.3 is 5.73 Å². The standard InChI is InChI=1S/C24H15BF5.C8H11N/c26-20-19(21(27)23(29)24(30)22(20)28)25(16-10-4-1-5-11-16,17-12-6-2-7-13-17)18-14-8-3-9-15-18;1-6-4-3-5-8(9)7(6)2/h1-15H;3-5H,9H2,1-2H3/q-1;/p+1. The Bertz CT molecular complexity index is 1430. The van der Waals surface area contributed by atoms with Gasteiger partial charge in [-0.2, -0.15) is 16.4 Å². The van der Waals surface area contributed by atoms with Gasteiger partial charge in [0.15, 0.2) is 17.5 Å². The number of rotatable bonds is 4. The summed E-state index contributed by atoms with van der Waals surface area (Å²) in [7, 11) is 0. The third-order valence-electron chi connectivity index (χ3n) is 7.29. The van der Waals surface area contributed by atoms with Crippen molar-refractivity contribution < 1.29 is 27.7 Å². The van der Waals surface area contributed by atoms with Crippen molar-refractivity contribution in [3.05, 3.63) is 149 Å². The van der Waals surface area contributed by atoms with Crippen molar-refractivity contribution in [2.45, 2.75) is 13.8 Å². The second-order valence-corrected chi connectivity index (χ2v) is 9.44. The SMILES string of the molecule is Cc1cccc([NH3+])c1C.Fc1c(F)c(F)c([B-](c2ccccc2)(c2ccccc2)c2ccccc2)c(F)c1F. The molecule has 3 N–H and O–H groups in total. The normalized spacial score (nSPS) is 11.1. The zero-order chi connectivity index (χ0) is 28.2. The molecule has 0 saturated carbocycles. The zero-order valence-corrected chi connectivity index (χ0v) is 21.6. The first-order valence-corrected chi connectivity index (χ1v) is 12.4. The molecule has 0 aliphatic carbocycles. The molecule has 0 radical (unpaired) electrons. The van der Waals surface area contributed by atoms with Crippen LogP contribution in [0.3, 0.4) is 0 Å². The number of hydrogen-bond acceptors (Lipinski definition) is 0. The molecule has 0 aliphatic rings. The molecule has 0 unspecified atom stereocenters. The number of halogens is 5. The van der Waals surface area contributed by atoms with Crippen LogP contribution in [-0.2, 0) is 0 Å². The predicted molar refractivity (Wildman–Crippen MR) is 148 cm³/mol. The summed E-state index contributed by atoms with van der Waals surface area (Å²) >= 11 is 0. The minimum absolute atomic E-state index is 0.429. The maximum atomic E-state index is 15.2. The van der Waals surface area contributed by atoms with Crippen molar-refractivity contribution in [1.82, 2.24) is 0 Å². The van der Waals surface area contributed by atoms with E-state index in [0.29, 0.717) is 16.4 Å². The first kappa shape index (κ1) is 27.8. The number of aryl methyl sites for hydroxylation is 1. The van der Waals surface area contributed by atoms with Crippen LogP contribution in [0.4, 0.5) is 27.6 Å². The molecule has 0 aromatic heterocycles. The van der Waals surface area contributed by atoms with Crippen LogP contribution in [0.1, 0.15) is 11.1 Å². The highest BCUT2D eigenvalue weighted by atomic mass is 19.2. The van der Waals surface area contributed by atoms with Crippen LogP contribution in [0.5, 0.6) is 0 Å². The van der Waals surface area contributed by atoms with Gasteiger partial charge in [0.1, 0.15) is 23.5 Å². The fourth-order valence-electron chi connectivity index (χ4n) is 5.12. The van der Waals surface area contributed by atoms with E-state index in [1.165, 1.54) is 11.1 Å². The molecule has 0 amide bonds.